The Balaban J connectivity index is 2.13. The summed E-state index contributed by atoms with van der Waals surface area (Å²) in [5, 5.41) is 9.71. The van der Waals surface area contributed by atoms with Gasteiger partial charge in [-0.25, -0.2) is 0 Å². The van der Waals surface area contributed by atoms with Gasteiger partial charge in [-0.2, -0.15) is 13.2 Å². The fourth-order valence-corrected chi connectivity index (χ4v) is 3.31. The normalized spacial score (nSPS) is 22.2. The lowest BCUT2D eigenvalue weighted by Crippen LogP contribution is -2.47. The summed E-state index contributed by atoms with van der Waals surface area (Å²) < 4.78 is 37.8. The molecule has 6 heteroatoms. The number of hydrogen-bond acceptors (Lipinski definition) is 2. The standard InChI is InChI=1S/C17H22F3NO2/c1-2-8-16(12-22)9-3-10-21(11-16)15(23)13-4-6-14(7-5-13)17(18,19)20/h4-7,22H,2-3,8-12H2,1H3/t16-/m0/s1. The zero-order chi connectivity index (χ0) is 17.1. The Labute approximate surface area is 134 Å². The molecule has 1 aliphatic rings. The molecule has 0 saturated carbocycles. The predicted octanol–water partition coefficient (Wildman–Crippen LogP) is 3.72. The Kier molecular flexibility index (Phi) is 5.34. The number of carbonyl (C=O) groups excluding carboxylic acids is 1. The molecule has 1 aromatic carbocycles. The van der Waals surface area contributed by atoms with E-state index < -0.39 is 11.7 Å². The molecule has 0 radical (unpaired) electrons. The van der Waals surface area contributed by atoms with Crippen LogP contribution in [0.25, 0.3) is 0 Å². The summed E-state index contributed by atoms with van der Waals surface area (Å²) in [4.78, 5) is 14.2. The van der Waals surface area contributed by atoms with Crippen LogP contribution in [0.1, 0.15) is 48.5 Å². The fourth-order valence-electron chi connectivity index (χ4n) is 3.31. The summed E-state index contributed by atoms with van der Waals surface area (Å²) in [5.74, 6) is -0.271. The Morgan fingerprint density at radius 1 is 1.30 bits per heavy atom. The van der Waals surface area contributed by atoms with Crippen molar-refractivity contribution >= 4 is 5.91 Å². The van der Waals surface area contributed by atoms with Crippen LogP contribution in [0.3, 0.4) is 0 Å². The largest absolute Gasteiger partial charge is 0.416 e. The van der Waals surface area contributed by atoms with Crippen molar-refractivity contribution in [2.75, 3.05) is 19.7 Å². The van der Waals surface area contributed by atoms with Crippen LogP contribution < -0.4 is 0 Å². The van der Waals surface area contributed by atoms with E-state index in [1.165, 1.54) is 12.1 Å². The second-order valence-corrected chi connectivity index (χ2v) is 6.31. The van der Waals surface area contributed by atoms with Crippen LogP contribution in [-0.4, -0.2) is 35.6 Å². The number of rotatable bonds is 4. The van der Waals surface area contributed by atoms with Crippen LogP contribution >= 0.6 is 0 Å². The second-order valence-electron chi connectivity index (χ2n) is 6.31. The van der Waals surface area contributed by atoms with Gasteiger partial charge in [-0.05, 0) is 43.5 Å². The van der Waals surface area contributed by atoms with Gasteiger partial charge in [0, 0.05) is 24.1 Å². The first-order valence-electron chi connectivity index (χ1n) is 7.89. The van der Waals surface area contributed by atoms with Crippen LogP contribution in [0.5, 0.6) is 0 Å². The predicted molar refractivity (Wildman–Crippen MR) is 81.0 cm³/mol. The van der Waals surface area contributed by atoms with Crippen LogP contribution in [0.15, 0.2) is 24.3 Å². The maximum absolute atomic E-state index is 12.6. The van der Waals surface area contributed by atoms with Gasteiger partial charge >= 0.3 is 6.18 Å². The maximum atomic E-state index is 12.6. The van der Waals surface area contributed by atoms with E-state index in [1.54, 1.807) is 4.90 Å². The van der Waals surface area contributed by atoms with Crippen LogP contribution in [0.4, 0.5) is 13.2 Å². The summed E-state index contributed by atoms with van der Waals surface area (Å²) in [6.45, 7) is 3.09. The van der Waals surface area contributed by atoms with Crippen molar-refractivity contribution in [1.29, 1.82) is 0 Å². The monoisotopic (exact) mass is 329 g/mol. The number of likely N-dealkylation sites (tertiary alicyclic amines) is 1. The highest BCUT2D eigenvalue weighted by Crippen LogP contribution is 2.35. The van der Waals surface area contributed by atoms with Crippen molar-refractivity contribution in [2.45, 2.75) is 38.8 Å². The number of amides is 1. The summed E-state index contributed by atoms with van der Waals surface area (Å²) >= 11 is 0. The van der Waals surface area contributed by atoms with Gasteiger partial charge in [0.25, 0.3) is 5.91 Å². The Bertz CT molecular complexity index is 538. The third-order valence-corrected chi connectivity index (χ3v) is 4.52. The molecule has 1 aromatic rings. The number of aliphatic hydroxyl groups is 1. The van der Waals surface area contributed by atoms with Gasteiger partial charge in [-0.3, -0.25) is 4.79 Å². The van der Waals surface area contributed by atoms with E-state index in [1.807, 2.05) is 6.92 Å². The molecule has 0 aliphatic carbocycles. The SMILES string of the molecule is CCC[C@]1(CO)CCCN(C(=O)c2ccc(C(F)(F)F)cc2)C1. The molecular formula is C17H22F3NO2. The molecule has 1 aliphatic heterocycles. The molecule has 1 saturated heterocycles. The second kappa shape index (κ2) is 6.91. The zero-order valence-electron chi connectivity index (χ0n) is 13.2. The number of aliphatic hydroxyl groups excluding tert-OH is 1. The van der Waals surface area contributed by atoms with E-state index in [0.29, 0.717) is 13.1 Å². The molecule has 1 atom stereocenters. The quantitative estimate of drug-likeness (QED) is 0.914. The van der Waals surface area contributed by atoms with Crippen LogP contribution in [0.2, 0.25) is 0 Å². The fraction of sp³-hybridized carbons (Fsp3) is 0.588. The van der Waals surface area contributed by atoms with Gasteiger partial charge in [0.2, 0.25) is 0 Å². The average Bonchev–Trinajstić information content (AvgIpc) is 2.54. The van der Waals surface area contributed by atoms with Gasteiger partial charge in [0.15, 0.2) is 0 Å². The van der Waals surface area contributed by atoms with E-state index >= 15 is 0 Å². The Morgan fingerprint density at radius 2 is 1.96 bits per heavy atom. The van der Waals surface area contributed by atoms with Crippen LogP contribution in [-0.2, 0) is 6.18 Å². The molecule has 1 amide bonds. The molecule has 0 unspecified atom stereocenters. The first kappa shape index (κ1) is 17.8. The minimum atomic E-state index is -4.40. The zero-order valence-corrected chi connectivity index (χ0v) is 13.2. The minimum absolute atomic E-state index is 0.0254. The van der Waals surface area contributed by atoms with Crippen LogP contribution in [0, 0.1) is 5.41 Å². The molecule has 1 heterocycles. The van der Waals surface area contributed by atoms with E-state index in [2.05, 4.69) is 0 Å². The number of hydrogen-bond donors (Lipinski definition) is 1. The topological polar surface area (TPSA) is 40.5 Å². The molecule has 23 heavy (non-hydrogen) atoms. The lowest BCUT2D eigenvalue weighted by Gasteiger charge is -2.42. The lowest BCUT2D eigenvalue weighted by atomic mass is 9.77. The highest BCUT2D eigenvalue weighted by atomic mass is 19.4. The first-order chi connectivity index (χ1) is 10.8. The van der Waals surface area contributed by atoms with Gasteiger partial charge in [-0.1, -0.05) is 13.3 Å². The number of benzene rings is 1. The van der Waals surface area contributed by atoms with Gasteiger partial charge in [0.05, 0.1) is 12.2 Å². The third-order valence-electron chi connectivity index (χ3n) is 4.52. The minimum Gasteiger partial charge on any atom is -0.396 e. The number of halogens is 3. The summed E-state index contributed by atoms with van der Waals surface area (Å²) in [7, 11) is 0. The molecule has 3 nitrogen and oxygen atoms in total. The lowest BCUT2D eigenvalue weighted by molar-refractivity contribution is -0.137. The Morgan fingerprint density at radius 3 is 2.48 bits per heavy atom. The average molecular weight is 329 g/mol. The number of alkyl halides is 3. The van der Waals surface area contributed by atoms with E-state index in [0.717, 1.165) is 37.8 Å². The summed E-state index contributed by atoms with van der Waals surface area (Å²) in [5.41, 5.74) is -0.791. The summed E-state index contributed by atoms with van der Waals surface area (Å²) in [6, 6.07) is 4.31. The van der Waals surface area contributed by atoms with Gasteiger partial charge in [-0.15, -0.1) is 0 Å². The molecule has 128 valence electrons. The maximum Gasteiger partial charge on any atom is 0.416 e. The molecule has 0 aromatic heterocycles. The number of nitrogens with zero attached hydrogens (tertiary/aromatic N) is 1. The van der Waals surface area contributed by atoms with E-state index in [9.17, 15) is 23.1 Å². The van der Waals surface area contributed by atoms with E-state index in [4.69, 9.17) is 0 Å². The third kappa shape index (κ3) is 4.05. The molecule has 0 bridgehead atoms. The van der Waals surface area contributed by atoms with Gasteiger partial charge < -0.3 is 10.0 Å². The summed E-state index contributed by atoms with van der Waals surface area (Å²) in [6.07, 6.45) is -0.982. The van der Waals surface area contributed by atoms with Crippen molar-refractivity contribution in [3.63, 3.8) is 0 Å². The van der Waals surface area contributed by atoms with Crippen molar-refractivity contribution in [1.82, 2.24) is 4.90 Å². The smallest absolute Gasteiger partial charge is 0.396 e. The number of piperidine rings is 1. The van der Waals surface area contributed by atoms with Crippen molar-refractivity contribution in [3.05, 3.63) is 35.4 Å². The van der Waals surface area contributed by atoms with Crippen molar-refractivity contribution in [2.24, 2.45) is 5.41 Å². The first-order valence-corrected chi connectivity index (χ1v) is 7.89. The van der Waals surface area contributed by atoms with Crippen molar-refractivity contribution in [3.8, 4) is 0 Å². The molecular weight excluding hydrogens is 307 g/mol. The molecule has 1 fully saturated rings. The number of carbonyl (C=O) groups is 1. The molecule has 2 rings (SSSR count). The highest BCUT2D eigenvalue weighted by Gasteiger charge is 2.36. The van der Waals surface area contributed by atoms with Gasteiger partial charge in [0.1, 0.15) is 0 Å². The Hall–Kier alpha value is -1.56. The van der Waals surface area contributed by atoms with Crippen molar-refractivity contribution < 1.29 is 23.1 Å². The highest BCUT2D eigenvalue weighted by molar-refractivity contribution is 5.94. The molecule has 1 N–H and O–H groups in total. The molecule has 0 spiro atoms. The van der Waals surface area contributed by atoms with E-state index in [-0.39, 0.29) is 23.5 Å².